The van der Waals surface area contributed by atoms with Gasteiger partial charge in [-0.1, -0.05) is 138 Å². The van der Waals surface area contributed by atoms with E-state index in [1.54, 1.807) is 74.9 Å². The van der Waals surface area contributed by atoms with Crippen molar-refractivity contribution in [2.24, 2.45) is 35.5 Å². The van der Waals surface area contributed by atoms with Crippen LogP contribution in [-0.2, 0) is 68.6 Å². The van der Waals surface area contributed by atoms with Crippen LogP contribution in [0.15, 0.2) is 30.3 Å². The molecule has 1 saturated carbocycles. The molecule has 0 spiro atoms. The molecule has 1 aliphatic carbocycles. The van der Waals surface area contributed by atoms with E-state index in [4.69, 9.17) is 9.47 Å². The van der Waals surface area contributed by atoms with Gasteiger partial charge in [0.2, 0.25) is 65.0 Å². The van der Waals surface area contributed by atoms with Crippen LogP contribution in [0.2, 0.25) is 0 Å². The quantitative estimate of drug-likeness (QED) is 0.110. The van der Waals surface area contributed by atoms with Crippen molar-refractivity contribution in [2.45, 2.75) is 251 Å². The molecule has 2 aliphatic heterocycles. The van der Waals surface area contributed by atoms with Crippen molar-refractivity contribution in [1.29, 1.82) is 0 Å². The lowest BCUT2D eigenvalue weighted by molar-refractivity contribution is -0.217. The maximum atomic E-state index is 15.6. The predicted molar refractivity (Wildman–Crippen MR) is 394 cm³/mol. The minimum absolute atomic E-state index is 0.0110. The highest BCUT2D eigenvalue weighted by Gasteiger charge is 2.45. The molecule has 1 aromatic carbocycles. The van der Waals surface area contributed by atoms with Gasteiger partial charge in [-0.25, -0.2) is 0 Å². The van der Waals surface area contributed by atoms with Crippen LogP contribution in [0.4, 0.5) is 13.2 Å². The molecule has 0 aromatic heterocycles. The molecular formula is C76H127F3N12O15. The molecule has 4 rings (SSSR count). The maximum absolute atomic E-state index is 15.6. The number of hydrogen-bond acceptors (Lipinski definition) is 16. The lowest BCUT2D eigenvalue weighted by Gasteiger charge is -2.40. The zero-order chi connectivity index (χ0) is 79.8. The smallest absolute Gasteiger partial charge is 0.391 e. The summed E-state index contributed by atoms with van der Waals surface area (Å²) in [6.07, 6.45) is -3.45. The third-order valence-corrected chi connectivity index (χ3v) is 20.8. The topological polar surface area (TPSA) is 321 Å². The van der Waals surface area contributed by atoms with Crippen LogP contribution in [0, 0.1) is 35.5 Å². The molecule has 2 heterocycles. The van der Waals surface area contributed by atoms with E-state index in [2.05, 4.69) is 21.3 Å². The highest BCUT2D eigenvalue weighted by Crippen LogP contribution is 2.31. The van der Waals surface area contributed by atoms with Gasteiger partial charge in [-0.05, 0) is 100.0 Å². The Balaban J connectivity index is 1.96. The van der Waals surface area contributed by atoms with E-state index in [1.165, 1.54) is 59.0 Å². The number of aliphatic hydroxyl groups excluding tert-OH is 2. The van der Waals surface area contributed by atoms with Gasteiger partial charge < -0.3 is 75.3 Å². The van der Waals surface area contributed by atoms with Gasteiger partial charge in [0.15, 0.2) is 6.10 Å². The molecule has 27 nitrogen and oxygen atoms in total. The lowest BCUT2D eigenvalue weighted by atomic mass is 9.84. The Morgan fingerprint density at radius 1 is 0.594 bits per heavy atom. The number of carbonyl (C=O) groups excluding carboxylic acids is 11. The molecule has 2 saturated heterocycles. The number of halogens is 3. The monoisotopic (exact) mass is 1500 g/mol. The largest absolute Gasteiger partial charge is 0.416 e. The summed E-state index contributed by atoms with van der Waals surface area (Å²) in [5.74, 6) is -10.0. The first-order valence-corrected chi connectivity index (χ1v) is 38.0. The summed E-state index contributed by atoms with van der Waals surface area (Å²) in [7, 11) is 9.77. The van der Waals surface area contributed by atoms with Gasteiger partial charge in [0.1, 0.15) is 48.3 Å². The Morgan fingerprint density at radius 2 is 1.14 bits per heavy atom. The lowest BCUT2D eigenvalue weighted by Crippen LogP contribution is -2.63. The van der Waals surface area contributed by atoms with Crippen molar-refractivity contribution in [3.05, 3.63) is 35.9 Å². The van der Waals surface area contributed by atoms with Crippen LogP contribution >= 0.6 is 0 Å². The number of likely N-dealkylation sites (N-methyl/N-ethyl adjacent to an activating group) is 7. The maximum Gasteiger partial charge on any atom is 0.416 e. The Morgan fingerprint density at radius 3 is 1.70 bits per heavy atom. The number of piperidine rings is 1. The van der Waals surface area contributed by atoms with E-state index in [-0.39, 0.29) is 69.1 Å². The molecule has 13 atom stereocenters. The summed E-state index contributed by atoms with van der Waals surface area (Å²) in [4.78, 5) is 175. The third kappa shape index (κ3) is 27.3. The van der Waals surface area contributed by atoms with Crippen LogP contribution in [-0.4, -0.2) is 289 Å². The van der Waals surface area contributed by atoms with Crippen LogP contribution in [0.1, 0.15) is 172 Å². The number of nitrogens with one attached hydrogen (secondary N) is 4. The number of amides is 11. The fraction of sp³-hybridized carbons (Fsp3) is 0.776. The first-order chi connectivity index (χ1) is 49.6. The van der Waals surface area contributed by atoms with Crippen molar-refractivity contribution in [3.8, 4) is 0 Å². The van der Waals surface area contributed by atoms with Gasteiger partial charge in [-0.15, -0.1) is 0 Å². The molecule has 3 aliphatic rings. The van der Waals surface area contributed by atoms with Gasteiger partial charge >= 0.3 is 6.18 Å². The number of likely N-dealkylation sites (tertiary alicyclic amines) is 1. The summed E-state index contributed by atoms with van der Waals surface area (Å²) in [5, 5.41) is 32.7. The zero-order valence-electron chi connectivity index (χ0n) is 66.2. The summed E-state index contributed by atoms with van der Waals surface area (Å²) < 4.78 is 53.4. The Labute approximate surface area is 626 Å². The Hall–Kier alpha value is -7.02. The number of alkyl halides is 3. The minimum Gasteiger partial charge on any atom is -0.391 e. The molecule has 602 valence electrons. The van der Waals surface area contributed by atoms with Crippen molar-refractivity contribution < 1.29 is 85.6 Å². The van der Waals surface area contributed by atoms with Crippen LogP contribution in [0.5, 0.6) is 0 Å². The standard InChI is InChI=1S/C76H127F3N12O15/c1-19-50(10)66-70(99)83-64(51(11)92)75(104)84(12)41-63(95)86(14)57(36-47(4)5)67(96)81-55(72(101)91-33-27-22-28-34-91)40-62(94)89(17)65(49(8)9)69(98)80-54(35-46(2)3)42-106-45-85(13)59(37-48(6)7)73(102)87(15)58(38-52-29-23-20-24-30-52)68(97)82-56(43-105-44-61(93)76(77,78)79)71(100)88(16)60(74(103)90(66)18)39-53-31-25-21-26-32-53/h20,23-24,29-30,46-51,53-61,64-66,92-93H,19,21-22,25-28,31-45H2,1-18H3,(H,80,98)(H,81,96)(H,82,97)(H,83,99)/t50-,51+,54-,55-,56-,57-,58-,59-,60-,61?,64-,65-,66-/m0/s1. The van der Waals surface area contributed by atoms with Crippen LogP contribution in [0.25, 0.3) is 0 Å². The number of rotatable bonds is 19. The fourth-order valence-electron chi connectivity index (χ4n) is 14.3. The van der Waals surface area contributed by atoms with Crippen LogP contribution in [0.3, 0.4) is 0 Å². The zero-order valence-corrected chi connectivity index (χ0v) is 66.2. The number of aliphatic hydroxyl groups is 2. The van der Waals surface area contributed by atoms with Crippen molar-refractivity contribution in [3.63, 3.8) is 0 Å². The van der Waals surface area contributed by atoms with E-state index >= 15 is 24.0 Å². The average molecular weight is 1510 g/mol. The van der Waals surface area contributed by atoms with E-state index in [0.29, 0.717) is 50.8 Å². The second-order valence-electron chi connectivity index (χ2n) is 31.4. The molecule has 1 unspecified atom stereocenters. The summed E-state index contributed by atoms with van der Waals surface area (Å²) in [6, 6.07) is -4.67. The van der Waals surface area contributed by atoms with Gasteiger partial charge in [-0.3, -0.25) is 57.6 Å². The number of nitrogens with zero attached hydrogens (tertiary/aromatic N) is 8. The normalized spacial score (nSPS) is 26.6. The van der Waals surface area contributed by atoms with Gasteiger partial charge in [0, 0.05) is 61.8 Å². The second-order valence-corrected chi connectivity index (χ2v) is 31.4. The van der Waals surface area contributed by atoms with Gasteiger partial charge in [-0.2, -0.15) is 13.2 Å². The second kappa shape index (κ2) is 43.2. The number of ether oxygens (including phenoxy) is 2. The number of benzene rings is 1. The van der Waals surface area contributed by atoms with Gasteiger partial charge in [0.25, 0.3) is 0 Å². The predicted octanol–water partition coefficient (Wildman–Crippen LogP) is 4.58. The highest BCUT2D eigenvalue weighted by atomic mass is 19.4. The molecule has 11 amide bonds. The molecule has 3 fully saturated rings. The number of carbonyl (C=O) groups is 11. The summed E-state index contributed by atoms with van der Waals surface area (Å²) in [6.45, 7) is 17.0. The first-order valence-electron chi connectivity index (χ1n) is 38.0. The molecule has 6 N–H and O–H groups in total. The summed E-state index contributed by atoms with van der Waals surface area (Å²) >= 11 is 0. The molecule has 0 radical (unpaired) electrons. The van der Waals surface area contributed by atoms with Gasteiger partial charge in [0.05, 0.1) is 57.7 Å². The number of hydrogen-bond donors (Lipinski definition) is 6. The molecule has 1 aromatic rings. The SMILES string of the molecule is CC[C@H](C)[C@H]1C(=O)N[C@@H]([C@@H](C)O)C(=O)N(C)CC(=O)N(C)[C@@H](CC(C)C)C(=O)N[C@H](C(=O)N2CCCCC2)CC(=O)N(C)[C@@H](C(C)C)C(=O)N[C@@H](CC(C)C)COCN(C)[C@@H](CC(C)C)C(=O)N(C)[C@@H](Cc2ccccc2)C(=O)N[C@@H](COCC(O)C(F)(F)F)C(=O)N(C)[C@@H](CC2CCCCC2)C(=O)N1C. The van der Waals surface area contributed by atoms with Crippen LogP contribution < -0.4 is 21.3 Å². The Bertz CT molecular complexity index is 3030. The van der Waals surface area contributed by atoms with Crippen molar-refractivity contribution in [1.82, 2.24) is 60.5 Å². The minimum atomic E-state index is -5.14. The average Bonchev–Trinajstić information content (AvgIpc) is 0.810. The molecular weight excluding hydrogens is 1380 g/mol. The molecule has 0 bridgehead atoms. The first kappa shape index (κ1) is 91.4. The highest BCUT2D eigenvalue weighted by molar-refractivity contribution is 5.99. The summed E-state index contributed by atoms with van der Waals surface area (Å²) in [5.41, 5.74) is 0.577. The van der Waals surface area contributed by atoms with Crippen molar-refractivity contribution >= 4 is 65.0 Å². The van der Waals surface area contributed by atoms with E-state index in [0.717, 1.165) is 45.3 Å². The fourth-order valence-corrected chi connectivity index (χ4v) is 14.3. The van der Waals surface area contributed by atoms with Crippen molar-refractivity contribution in [2.75, 3.05) is 95.5 Å². The van der Waals surface area contributed by atoms with E-state index in [9.17, 15) is 52.2 Å². The molecule has 106 heavy (non-hydrogen) atoms. The molecule has 30 heteroatoms. The van der Waals surface area contributed by atoms with E-state index < -0.39 is 182 Å². The Kier molecular flexibility index (Phi) is 37.3. The third-order valence-electron chi connectivity index (χ3n) is 20.8. The van der Waals surface area contributed by atoms with E-state index in [1.807, 2.05) is 41.5 Å².